The highest BCUT2D eigenvalue weighted by Gasteiger charge is 2.10. The Morgan fingerprint density at radius 3 is 2.81 bits per heavy atom. The first kappa shape index (κ1) is 11.1. The van der Waals surface area contributed by atoms with Crippen LogP contribution in [0.5, 0.6) is 0 Å². The minimum absolute atomic E-state index is 0.111. The van der Waals surface area contributed by atoms with Crippen molar-refractivity contribution in [1.29, 1.82) is 0 Å². The van der Waals surface area contributed by atoms with Crippen molar-refractivity contribution >= 4 is 28.4 Å². The van der Waals surface area contributed by atoms with Crippen LogP contribution in [-0.2, 0) is 18.3 Å². The molecule has 16 heavy (non-hydrogen) atoms. The normalized spacial score (nSPS) is 11.0. The van der Waals surface area contributed by atoms with Gasteiger partial charge in [0.25, 0.3) is 0 Å². The van der Waals surface area contributed by atoms with Gasteiger partial charge in [0.2, 0.25) is 0 Å². The Balaban J connectivity index is 2.64. The first-order chi connectivity index (χ1) is 7.49. The fourth-order valence-corrected chi connectivity index (χ4v) is 2.00. The van der Waals surface area contributed by atoms with E-state index in [0.29, 0.717) is 11.4 Å². The summed E-state index contributed by atoms with van der Waals surface area (Å²) in [6.45, 7) is 3.51. The smallest absolute Gasteiger partial charge is 0.134 e. The molecule has 0 atom stereocenters. The maximum atomic E-state index is 11.1. The Labute approximate surface area is 99.0 Å². The van der Waals surface area contributed by atoms with E-state index < -0.39 is 0 Å². The summed E-state index contributed by atoms with van der Waals surface area (Å²) in [6.07, 6.45) is 0.374. The number of halogens is 1. The van der Waals surface area contributed by atoms with E-state index in [2.05, 4.69) is 4.98 Å². The highest BCUT2D eigenvalue weighted by molar-refractivity contribution is 6.32. The van der Waals surface area contributed by atoms with E-state index >= 15 is 0 Å². The maximum Gasteiger partial charge on any atom is 0.134 e. The van der Waals surface area contributed by atoms with Crippen molar-refractivity contribution in [2.45, 2.75) is 20.3 Å². The molecule has 0 radical (unpaired) electrons. The van der Waals surface area contributed by atoms with Gasteiger partial charge >= 0.3 is 0 Å². The maximum absolute atomic E-state index is 11.1. The van der Waals surface area contributed by atoms with Gasteiger partial charge in [-0.15, -0.1) is 0 Å². The van der Waals surface area contributed by atoms with Crippen LogP contribution < -0.4 is 0 Å². The third kappa shape index (κ3) is 1.83. The molecule has 0 saturated heterocycles. The highest BCUT2D eigenvalue weighted by atomic mass is 35.5. The van der Waals surface area contributed by atoms with E-state index in [4.69, 9.17) is 11.6 Å². The summed E-state index contributed by atoms with van der Waals surface area (Å²) in [7, 11) is 1.95. The quantitative estimate of drug-likeness (QED) is 0.804. The Morgan fingerprint density at radius 2 is 2.19 bits per heavy atom. The minimum Gasteiger partial charge on any atom is -0.331 e. The van der Waals surface area contributed by atoms with Crippen LogP contribution >= 0.6 is 11.6 Å². The van der Waals surface area contributed by atoms with Gasteiger partial charge in [-0.3, -0.25) is 4.79 Å². The zero-order chi connectivity index (χ0) is 11.9. The number of ketones is 1. The molecule has 0 fully saturated rings. The van der Waals surface area contributed by atoms with Crippen molar-refractivity contribution in [2.24, 2.45) is 7.05 Å². The number of carbonyl (C=O) groups excluding carboxylic acids is 1. The molecule has 0 aliphatic carbocycles. The molecule has 1 aromatic carbocycles. The lowest BCUT2D eigenvalue weighted by molar-refractivity contribution is -0.116. The molecular formula is C12H13ClN2O. The molecule has 0 aliphatic heterocycles. The number of nitrogens with zero attached hydrogens (tertiary/aromatic N) is 2. The van der Waals surface area contributed by atoms with E-state index in [1.165, 1.54) is 0 Å². The summed E-state index contributed by atoms with van der Waals surface area (Å²) in [5.41, 5.74) is 2.75. The van der Waals surface area contributed by atoms with Crippen LogP contribution in [-0.4, -0.2) is 15.3 Å². The summed E-state index contributed by atoms with van der Waals surface area (Å²) in [6, 6.07) is 3.77. The second-order valence-corrected chi connectivity index (χ2v) is 4.44. The molecule has 84 valence electrons. The number of hydrogen-bond acceptors (Lipinski definition) is 2. The van der Waals surface area contributed by atoms with E-state index in [1.54, 1.807) is 6.92 Å². The Morgan fingerprint density at radius 1 is 1.50 bits per heavy atom. The average molecular weight is 237 g/mol. The molecule has 0 unspecified atom stereocenters. The molecule has 0 aliphatic rings. The van der Waals surface area contributed by atoms with Crippen molar-refractivity contribution in [3.05, 3.63) is 28.5 Å². The van der Waals surface area contributed by atoms with Crippen LogP contribution in [0.2, 0.25) is 5.02 Å². The second kappa shape index (κ2) is 3.91. The van der Waals surface area contributed by atoms with Crippen molar-refractivity contribution in [3.63, 3.8) is 0 Å². The number of aryl methyl sites for hydroxylation is 2. The fourth-order valence-electron chi connectivity index (χ4n) is 1.78. The molecule has 2 rings (SSSR count). The molecule has 0 N–H and O–H groups in total. The van der Waals surface area contributed by atoms with Gasteiger partial charge in [0.15, 0.2) is 0 Å². The SMILES string of the molecule is CC(=O)Cc1cc2c(cc1Cl)nc(C)n2C. The number of imidazole rings is 1. The van der Waals surface area contributed by atoms with Crippen molar-refractivity contribution in [2.75, 3.05) is 0 Å². The number of rotatable bonds is 2. The fraction of sp³-hybridized carbons (Fsp3) is 0.333. The molecule has 1 heterocycles. The predicted octanol–water partition coefficient (Wildman–Crippen LogP) is 2.67. The van der Waals surface area contributed by atoms with Gasteiger partial charge in [-0.1, -0.05) is 11.6 Å². The van der Waals surface area contributed by atoms with Gasteiger partial charge in [-0.2, -0.15) is 0 Å². The molecule has 0 saturated carbocycles. The Hall–Kier alpha value is -1.35. The molecule has 3 nitrogen and oxygen atoms in total. The summed E-state index contributed by atoms with van der Waals surface area (Å²) in [4.78, 5) is 15.5. The van der Waals surface area contributed by atoms with Crippen molar-refractivity contribution < 1.29 is 4.79 Å². The lowest BCUT2D eigenvalue weighted by Crippen LogP contribution is -1.98. The monoisotopic (exact) mass is 236 g/mol. The van der Waals surface area contributed by atoms with E-state index in [-0.39, 0.29) is 5.78 Å². The zero-order valence-electron chi connectivity index (χ0n) is 9.54. The summed E-state index contributed by atoms with van der Waals surface area (Å²) >= 11 is 6.11. The van der Waals surface area contributed by atoms with Crippen LogP contribution in [0.15, 0.2) is 12.1 Å². The largest absolute Gasteiger partial charge is 0.331 e. The van der Waals surface area contributed by atoms with Crippen molar-refractivity contribution in [1.82, 2.24) is 9.55 Å². The predicted molar refractivity (Wildman–Crippen MR) is 64.8 cm³/mol. The number of carbonyl (C=O) groups is 1. The number of aromatic nitrogens is 2. The summed E-state index contributed by atoms with van der Waals surface area (Å²) < 4.78 is 2.00. The van der Waals surface area contributed by atoms with Gasteiger partial charge in [0.05, 0.1) is 11.0 Å². The number of Topliss-reactive ketones (excluding diaryl/α,β-unsaturated/α-hetero) is 1. The topological polar surface area (TPSA) is 34.9 Å². The molecule has 0 bridgehead atoms. The van der Waals surface area contributed by atoms with Crippen LogP contribution in [0, 0.1) is 6.92 Å². The van der Waals surface area contributed by atoms with Crippen LogP contribution in [0.4, 0.5) is 0 Å². The summed E-state index contributed by atoms with van der Waals surface area (Å²) in [5, 5.41) is 0.612. The van der Waals surface area contributed by atoms with Crippen molar-refractivity contribution in [3.8, 4) is 0 Å². The van der Waals surface area contributed by atoms with Gasteiger partial charge in [-0.05, 0) is 31.5 Å². The van der Waals surface area contributed by atoms with E-state index in [9.17, 15) is 4.79 Å². The standard InChI is InChI=1S/C12H13ClN2O/c1-7(16)4-9-5-12-11(6-10(9)13)14-8(2)15(12)3/h5-6H,4H2,1-3H3. The van der Waals surface area contributed by atoms with Crippen LogP contribution in [0.25, 0.3) is 11.0 Å². The Kier molecular flexibility index (Phi) is 2.72. The van der Waals surface area contributed by atoms with Gasteiger partial charge in [0.1, 0.15) is 11.6 Å². The second-order valence-electron chi connectivity index (χ2n) is 4.03. The number of fused-ring (bicyclic) bond motifs is 1. The van der Waals surface area contributed by atoms with Gasteiger partial charge in [0, 0.05) is 18.5 Å². The van der Waals surface area contributed by atoms with Crippen LogP contribution in [0.1, 0.15) is 18.3 Å². The molecule has 0 amide bonds. The van der Waals surface area contributed by atoms with E-state index in [0.717, 1.165) is 22.4 Å². The molecular weight excluding hydrogens is 224 g/mol. The Bertz CT molecular complexity index is 572. The molecule has 0 spiro atoms. The highest BCUT2D eigenvalue weighted by Crippen LogP contribution is 2.24. The average Bonchev–Trinajstić information content (AvgIpc) is 2.44. The van der Waals surface area contributed by atoms with E-state index in [1.807, 2.05) is 30.7 Å². The third-order valence-electron chi connectivity index (χ3n) is 2.71. The molecule has 4 heteroatoms. The van der Waals surface area contributed by atoms with Gasteiger partial charge < -0.3 is 4.57 Å². The first-order valence-corrected chi connectivity index (χ1v) is 5.47. The lowest BCUT2D eigenvalue weighted by atomic mass is 10.1. The lowest BCUT2D eigenvalue weighted by Gasteiger charge is -2.03. The van der Waals surface area contributed by atoms with Gasteiger partial charge in [-0.25, -0.2) is 4.98 Å². The zero-order valence-corrected chi connectivity index (χ0v) is 10.3. The third-order valence-corrected chi connectivity index (χ3v) is 3.06. The summed E-state index contributed by atoms with van der Waals surface area (Å²) in [5.74, 6) is 1.05. The minimum atomic E-state index is 0.111. The molecule has 1 aromatic heterocycles. The molecule has 2 aromatic rings. The first-order valence-electron chi connectivity index (χ1n) is 5.10. The number of hydrogen-bond donors (Lipinski definition) is 0. The number of benzene rings is 1. The van der Waals surface area contributed by atoms with Crippen LogP contribution in [0.3, 0.4) is 0 Å².